The predicted molar refractivity (Wildman–Crippen MR) is 83.7 cm³/mol. The first-order valence-corrected chi connectivity index (χ1v) is 7.82. The third kappa shape index (κ3) is 3.65. The molecule has 0 radical (unpaired) electrons. The maximum atomic E-state index is 12.3. The number of rotatable bonds is 6. The third-order valence-electron chi connectivity index (χ3n) is 4.41. The van der Waals surface area contributed by atoms with Crippen LogP contribution in [0.2, 0.25) is 0 Å². The number of hydrogen-bond acceptors (Lipinski definition) is 5. The summed E-state index contributed by atoms with van der Waals surface area (Å²) in [6, 6.07) is 1.39. The van der Waals surface area contributed by atoms with Gasteiger partial charge < -0.3 is 9.88 Å². The van der Waals surface area contributed by atoms with Crippen molar-refractivity contribution in [3.8, 4) is 12.3 Å². The van der Waals surface area contributed by atoms with Gasteiger partial charge in [-0.3, -0.25) is 9.59 Å². The second-order valence-corrected chi connectivity index (χ2v) is 6.03. The predicted octanol–water partition coefficient (Wildman–Crippen LogP) is 1.44. The minimum atomic E-state index is -0.409. The summed E-state index contributed by atoms with van der Waals surface area (Å²) in [6.07, 6.45) is 9.96. The molecule has 3 heterocycles. The SMILES string of the molecule is C#CCCC1(CCC(=O)N2CCC(c3nccc(=O)[nH]3)C2)N=N1. The molecule has 0 spiro atoms. The number of aromatic amines is 1. The highest BCUT2D eigenvalue weighted by Gasteiger charge is 2.40. The minimum absolute atomic E-state index is 0.0959. The van der Waals surface area contributed by atoms with Crippen LogP contribution in [0.25, 0.3) is 0 Å². The Balaban J connectivity index is 1.50. The van der Waals surface area contributed by atoms with E-state index in [1.54, 1.807) is 0 Å². The molecule has 1 amide bonds. The lowest BCUT2D eigenvalue weighted by Crippen LogP contribution is -2.30. The van der Waals surface area contributed by atoms with Crippen LogP contribution in [0.4, 0.5) is 0 Å². The Morgan fingerprint density at radius 1 is 1.48 bits per heavy atom. The van der Waals surface area contributed by atoms with E-state index in [9.17, 15) is 9.59 Å². The van der Waals surface area contributed by atoms with Crippen molar-refractivity contribution in [3.05, 3.63) is 28.4 Å². The van der Waals surface area contributed by atoms with Crippen molar-refractivity contribution in [3.63, 3.8) is 0 Å². The summed E-state index contributed by atoms with van der Waals surface area (Å²) >= 11 is 0. The van der Waals surface area contributed by atoms with Gasteiger partial charge in [0.25, 0.3) is 5.56 Å². The Hall–Kier alpha value is -2.49. The number of carbonyl (C=O) groups excluding carboxylic acids is 1. The van der Waals surface area contributed by atoms with E-state index in [0.29, 0.717) is 44.6 Å². The van der Waals surface area contributed by atoms with E-state index in [1.807, 2.05) is 4.90 Å². The zero-order valence-electron chi connectivity index (χ0n) is 12.9. The molecule has 7 nitrogen and oxygen atoms in total. The number of carbonyl (C=O) groups is 1. The van der Waals surface area contributed by atoms with Crippen LogP contribution in [0.5, 0.6) is 0 Å². The molecule has 0 aromatic carbocycles. The molecule has 2 aliphatic heterocycles. The second-order valence-electron chi connectivity index (χ2n) is 6.03. The summed E-state index contributed by atoms with van der Waals surface area (Å²) in [4.78, 5) is 32.5. The first kappa shape index (κ1) is 15.4. The summed E-state index contributed by atoms with van der Waals surface area (Å²) in [5, 5.41) is 8.10. The number of likely N-dealkylation sites (tertiary alicyclic amines) is 1. The molecule has 0 bridgehead atoms. The Bertz CT molecular complexity index is 712. The van der Waals surface area contributed by atoms with Gasteiger partial charge in [0.1, 0.15) is 5.82 Å². The molecule has 1 aromatic heterocycles. The number of hydrogen-bond donors (Lipinski definition) is 1. The summed E-state index contributed by atoms with van der Waals surface area (Å²) < 4.78 is 0. The highest BCUT2D eigenvalue weighted by molar-refractivity contribution is 5.76. The Morgan fingerprint density at radius 2 is 2.30 bits per heavy atom. The molecule has 1 fully saturated rings. The van der Waals surface area contributed by atoms with E-state index in [1.165, 1.54) is 12.3 Å². The van der Waals surface area contributed by atoms with E-state index in [2.05, 4.69) is 26.1 Å². The van der Waals surface area contributed by atoms with Gasteiger partial charge >= 0.3 is 0 Å². The van der Waals surface area contributed by atoms with E-state index < -0.39 is 5.66 Å². The van der Waals surface area contributed by atoms with Crippen molar-refractivity contribution in [2.45, 2.75) is 43.7 Å². The minimum Gasteiger partial charge on any atom is -0.342 e. The summed E-state index contributed by atoms with van der Waals surface area (Å²) in [5.41, 5.74) is -0.569. The van der Waals surface area contributed by atoms with E-state index in [4.69, 9.17) is 6.42 Å². The normalized spacial score (nSPS) is 21.2. The maximum absolute atomic E-state index is 12.3. The largest absolute Gasteiger partial charge is 0.342 e. The van der Waals surface area contributed by atoms with Crippen LogP contribution in [0.15, 0.2) is 27.3 Å². The van der Waals surface area contributed by atoms with Gasteiger partial charge in [-0.2, -0.15) is 10.2 Å². The highest BCUT2D eigenvalue weighted by Crippen LogP contribution is 2.38. The van der Waals surface area contributed by atoms with E-state index in [-0.39, 0.29) is 17.4 Å². The second kappa shape index (κ2) is 6.32. The average Bonchev–Trinajstić information content (AvgIpc) is 3.15. The first-order chi connectivity index (χ1) is 11.1. The zero-order chi connectivity index (χ0) is 16.3. The van der Waals surface area contributed by atoms with Gasteiger partial charge in [-0.05, 0) is 6.42 Å². The number of H-pyrrole nitrogens is 1. The summed E-state index contributed by atoms with van der Waals surface area (Å²) in [6.45, 7) is 1.28. The molecule has 3 rings (SSSR count). The van der Waals surface area contributed by atoms with Gasteiger partial charge in [0.05, 0.1) is 0 Å². The lowest BCUT2D eigenvalue weighted by molar-refractivity contribution is -0.130. The number of terminal acetylenes is 1. The Kier molecular flexibility index (Phi) is 4.24. The monoisotopic (exact) mass is 313 g/mol. The standard InChI is InChI=1S/C16H19N5O2/c1-2-3-7-16(19-20-16)8-4-14(23)21-10-6-12(11-21)15-17-9-5-13(22)18-15/h1,5,9,12H,3-4,6-8,10-11H2,(H,17,18,22). The van der Waals surface area contributed by atoms with Crippen molar-refractivity contribution in [2.24, 2.45) is 10.2 Å². The number of nitrogens with one attached hydrogen (secondary N) is 1. The fourth-order valence-corrected chi connectivity index (χ4v) is 2.94. The number of aromatic nitrogens is 2. The van der Waals surface area contributed by atoms with Gasteiger partial charge in [0.15, 0.2) is 5.66 Å². The Morgan fingerprint density at radius 3 is 3.00 bits per heavy atom. The summed E-state index contributed by atoms with van der Waals surface area (Å²) in [7, 11) is 0. The molecular weight excluding hydrogens is 294 g/mol. The van der Waals surface area contributed by atoms with E-state index in [0.717, 1.165) is 6.42 Å². The molecule has 2 aliphatic rings. The zero-order valence-corrected chi connectivity index (χ0v) is 12.9. The van der Waals surface area contributed by atoms with Crippen molar-refractivity contribution < 1.29 is 4.79 Å². The van der Waals surface area contributed by atoms with Crippen LogP contribution >= 0.6 is 0 Å². The lowest BCUT2D eigenvalue weighted by Gasteiger charge is -2.17. The van der Waals surface area contributed by atoms with Crippen LogP contribution in [0.1, 0.15) is 43.8 Å². The van der Waals surface area contributed by atoms with Crippen molar-refractivity contribution in [2.75, 3.05) is 13.1 Å². The van der Waals surface area contributed by atoms with Crippen LogP contribution in [-0.4, -0.2) is 39.5 Å². The highest BCUT2D eigenvalue weighted by atomic mass is 16.2. The maximum Gasteiger partial charge on any atom is 0.250 e. The fraction of sp³-hybridized carbons (Fsp3) is 0.562. The van der Waals surface area contributed by atoms with Gasteiger partial charge in [-0.1, -0.05) is 0 Å². The number of nitrogens with zero attached hydrogens (tertiary/aromatic N) is 4. The molecule has 23 heavy (non-hydrogen) atoms. The van der Waals surface area contributed by atoms with Gasteiger partial charge in [-0.25, -0.2) is 4.98 Å². The van der Waals surface area contributed by atoms with Crippen molar-refractivity contribution in [1.29, 1.82) is 0 Å². The molecule has 120 valence electrons. The topological polar surface area (TPSA) is 90.8 Å². The van der Waals surface area contributed by atoms with Gasteiger partial charge in [-0.15, -0.1) is 12.3 Å². The van der Waals surface area contributed by atoms with Gasteiger partial charge in [0.2, 0.25) is 5.91 Å². The molecule has 1 aromatic rings. The van der Waals surface area contributed by atoms with E-state index >= 15 is 0 Å². The smallest absolute Gasteiger partial charge is 0.250 e. The van der Waals surface area contributed by atoms with Crippen LogP contribution in [0.3, 0.4) is 0 Å². The molecule has 1 N–H and O–H groups in total. The molecule has 1 saturated heterocycles. The molecule has 0 saturated carbocycles. The molecule has 1 unspecified atom stereocenters. The van der Waals surface area contributed by atoms with Gasteiger partial charge in [0, 0.05) is 57.0 Å². The average molecular weight is 313 g/mol. The third-order valence-corrected chi connectivity index (χ3v) is 4.41. The molecular formula is C16H19N5O2. The van der Waals surface area contributed by atoms with Crippen LogP contribution in [-0.2, 0) is 4.79 Å². The fourth-order valence-electron chi connectivity index (χ4n) is 2.94. The molecule has 7 heteroatoms. The molecule has 0 aliphatic carbocycles. The lowest BCUT2D eigenvalue weighted by atomic mass is 10.0. The summed E-state index contributed by atoms with van der Waals surface area (Å²) in [5.74, 6) is 3.44. The Labute approximate surface area is 134 Å². The van der Waals surface area contributed by atoms with Crippen LogP contribution < -0.4 is 5.56 Å². The quantitative estimate of drug-likeness (QED) is 0.806. The number of amides is 1. The first-order valence-electron chi connectivity index (χ1n) is 7.82. The molecule has 1 atom stereocenters. The van der Waals surface area contributed by atoms with Crippen LogP contribution in [0, 0.1) is 12.3 Å². The van der Waals surface area contributed by atoms with Crippen molar-refractivity contribution in [1.82, 2.24) is 14.9 Å². The van der Waals surface area contributed by atoms with Crippen molar-refractivity contribution >= 4 is 5.91 Å².